The number of hydrogen-bond donors (Lipinski definition) is 2. The molecule has 1 fully saturated rings. The molecule has 1 aliphatic heterocycles. The van der Waals surface area contributed by atoms with Crippen molar-refractivity contribution in [2.24, 2.45) is 5.92 Å². The van der Waals surface area contributed by atoms with Crippen LogP contribution in [0.4, 0.5) is 5.69 Å². The summed E-state index contributed by atoms with van der Waals surface area (Å²) in [5.74, 6) is 0.747. The van der Waals surface area contributed by atoms with Crippen molar-refractivity contribution in [2.75, 3.05) is 18.4 Å². The second-order valence-corrected chi connectivity index (χ2v) is 5.46. The highest BCUT2D eigenvalue weighted by Gasteiger charge is 2.15. The van der Waals surface area contributed by atoms with E-state index in [0.717, 1.165) is 30.9 Å². The molecule has 1 aromatic heterocycles. The summed E-state index contributed by atoms with van der Waals surface area (Å²) in [6.45, 7) is 2.13. The van der Waals surface area contributed by atoms with Gasteiger partial charge in [-0.25, -0.2) is 4.98 Å². The molecule has 2 aromatic rings. The zero-order chi connectivity index (χ0) is 14.5. The van der Waals surface area contributed by atoms with Crippen LogP contribution >= 0.6 is 24.8 Å². The van der Waals surface area contributed by atoms with Gasteiger partial charge in [0.05, 0.1) is 6.33 Å². The van der Waals surface area contributed by atoms with Crippen molar-refractivity contribution in [3.8, 4) is 5.69 Å². The molecule has 23 heavy (non-hydrogen) atoms. The van der Waals surface area contributed by atoms with Gasteiger partial charge in [-0.3, -0.25) is 4.79 Å². The minimum Gasteiger partial charge on any atom is -0.326 e. The van der Waals surface area contributed by atoms with Crippen LogP contribution < -0.4 is 10.6 Å². The maximum atomic E-state index is 11.9. The topological polar surface area (TPSA) is 59.0 Å². The molecule has 7 heteroatoms. The highest BCUT2D eigenvalue weighted by molar-refractivity contribution is 5.90. The van der Waals surface area contributed by atoms with Crippen molar-refractivity contribution in [3.63, 3.8) is 0 Å². The van der Waals surface area contributed by atoms with Crippen LogP contribution in [0.15, 0.2) is 43.0 Å². The van der Waals surface area contributed by atoms with Gasteiger partial charge in [0.2, 0.25) is 5.91 Å². The second-order valence-electron chi connectivity index (χ2n) is 5.46. The molecule has 1 aliphatic rings. The monoisotopic (exact) mass is 356 g/mol. The summed E-state index contributed by atoms with van der Waals surface area (Å²) in [5.41, 5.74) is 1.87. The van der Waals surface area contributed by atoms with Crippen molar-refractivity contribution in [2.45, 2.75) is 19.3 Å². The second kappa shape index (κ2) is 9.55. The number of nitrogens with one attached hydrogen (secondary N) is 2. The molecule has 1 aromatic carbocycles. The number of carbonyl (C=O) groups is 1. The summed E-state index contributed by atoms with van der Waals surface area (Å²) in [6.07, 6.45) is 8.13. The van der Waals surface area contributed by atoms with Crippen molar-refractivity contribution >= 4 is 36.4 Å². The van der Waals surface area contributed by atoms with Gasteiger partial charge in [0.1, 0.15) is 0 Å². The Morgan fingerprint density at radius 2 is 2.09 bits per heavy atom. The summed E-state index contributed by atoms with van der Waals surface area (Å²) in [5, 5.41) is 6.28. The largest absolute Gasteiger partial charge is 0.326 e. The number of anilines is 1. The van der Waals surface area contributed by atoms with Crippen molar-refractivity contribution in [1.29, 1.82) is 0 Å². The molecule has 0 aliphatic carbocycles. The molecule has 1 atom stereocenters. The number of imidazole rings is 1. The van der Waals surface area contributed by atoms with Gasteiger partial charge in [-0.05, 0) is 56.1 Å². The standard InChI is InChI=1S/C16H20N4O.2ClH/c21-16(6-1-13-7-8-17-11-13)19-14-2-4-15(5-3-14)20-10-9-18-12-20;;/h2-5,9-10,12-13,17H,1,6-8,11H2,(H,19,21);2*1H. The summed E-state index contributed by atoms with van der Waals surface area (Å²) < 4.78 is 1.93. The van der Waals surface area contributed by atoms with Gasteiger partial charge in [-0.1, -0.05) is 0 Å². The van der Waals surface area contributed by atoms with Crippen LogP contribution in [0, 0.1) is 5.92 Å². The van der Waals surface area contributed by atoms with Crippen LogP contribution in [-0.4, -0.2) is 28.5 Å². The first-order valence-corrected chi connectivity index (χ1v) is 7.40. The number of benzene rings is 1. The highest BCUT2D eigenvalue weighted by atomic mass is 35.5. The fourth-order valence-corrected chi connectivity index (χ4v) is 2.65. The van der Waals surface area contributed by atoms with Crippen molar-refractivity contribution in [1.82, 2.24) is 14.9 Å². The average molecular weight is 357 g/mol. The maximum absolute atomic E-state index is 11.9. The summed E-state index contributed by atoms with van der Waals surface area (Å²) in [4.78, 5) is 16.0. The first-order chi connectivity index (χ1) is 10.3. The van der Waals surface area contributed by atoms with E-state index in [0.29, 0.717) is 12.3 Å². The fraction of sp³-hybridized carbons (Fsp3) is 0.375. The van der Waals surface area contributed by atoms with Crippen molar-refractivity contribution in [3.05, 3.63) is 43.0 Å². The van der Waals surface area contributed by atoms with Crippen LogP contribution in [0.25, 0.3) is 5.69 Å². The molecule has 2 heterocycles. The van der Waals surface area contributed by atoms with Gasteiger partial charge in [-0.2, -0.15) is 0 Å². The third-order valence-corrected chi connectivity index (χ3v) is 3.90. The zero-order valence-corrected chi connectivity index (χ0v) is 14.4. The number of amides is 1. The fourth-order valence-electron chi connectivity index (χ4n) is 2.65. The molecule has 2 N–H and O–H groups in total. The van der Waals surface area contributed by atoms with Gasteiger partial charge >= 0.3 is 0 Å². The van der Waals surface area contributed by atoms with E-state index in [1.165, 1.54) is 6.42 Å². The first-order valence-electron chi connectivity index (χ1n) is 7.40. The van der Waals surface area contributed by atoms with Gasteiger partial charge in [0.25, 0.3) is 0 Å². The van der Waals surface area contributed by atoms with Crippen LogP contribution in [0.2, 0.25) is 0 Å². The van der Waals surface area contributed by atoms with E-state index in [2.05, 4.69) is 15.6 Å². The Hall–Kier alpha value is -1.56. The van der Waals surface area contributed by atoms with Crippen LogP contribution in [0.5, 0.6) is 0 Å². The Morgan fingerprint density at radius 1 is 1.30 bits per heavy atom. The molecule has 5 nitrogen and oxygen atoms in total. The van der Waals surface area contributed by atoms with E-state index in [9.17, 15) is 4.79 Å². The molecule has 0 saturated carbocycles. The number of carbonyl (C=O) groups excluding carboxylic acids is 1. The number of aromatic nitrogens is 2. The number of rotatable bonds is 5. The lowest BCUT2D eigenvalue weighted by Gasteiger charge is -2.09. The number of halogens is 2. The Bertz CT molecular complexity index is 581. The SMILES string of the molecule is Cl.Cl.O=C(CCC1CCNC1)Nc1ccc(-n2ccnc2)cc1. The molecule has 0 bridgehead atoms. The molecule has 0 spiro atoms. The maximum Gasteiger partial charge on any atom is 0.224 e. The Labute approximate surface area is 148 Å². The molecule has 3 rings (SSSR count). The van der Waals surface area contributed by atoms with Crippen LogP contribution in [-0.2, 0) is 4.79 Å². The third kappa shape index (κ3) is 5.53. The Morgan fingerprint density at radius 3 is 2.70 bits per heavy atom. The van der Waals surface area contributed by atoms with Gasteiger partial charge in [0.15, 0.2) is 0 Å². The van der Waals surface area contributed by atoms with E-state index >= 15 is 0 Å². The lowest BCUT2D eigenvalue weighted by molar-refractivity contribution is -0.116. The minimum absolute atomic E-state index is 0. The Balaban J connectivity index is 0.00000132. The normalized spacial score (nSPS) is 16.3. The smallest absolute Gasteiger partial charge is 0.224 e. The molecule has 1 amide bonds. The molecule has 126 valence electrons. The molecular formula is C16H22Cl2N4O. The summed E-state index contributed by atoms with van der Waals surface area (Å²) in [7, 11) is 0. The van der Waals surface area contributed by atoms with Gasteiger partial charge < -0.3 is 15.2 Å². The number of nitrogens with zero attached hydrogens (tertiary/aromatic N) is 2. The lowest BCUT2D eigenvalue weighted by Crippen LogP contribution is -2.15. The predicted octanol–water partition coefficient (Wildman–Crippen LogP) is 3.04. The molecular weight excluding hydrogens is 335 g/mol. The highest BCUT2D eigenvalue weighted by Crippen LogP contribution is 2.16. The zero-order valence-electron chi connectivity index (χ0n) is 12.8. The van der Waals surface area contributed by atoms with Crippen LogP contribution in [0.1, 0.15) is 19.3 Å². The van der Waals surface area contributed by atoms with E-state index in [1.54, 1.807) is 12.5 Å². The first kappa shape index (κ1) is 19.5. The van der Waals surface area contributed by atoms with E-state index in [4.69, 9.17) is 0 Å². The molecule has 0 radical (unpaired) electrons. The van der Waals surface area contributed by atoms with E-state index in [1.807, 2.05) is 35.0 Å². The van der Waals surface area contributed by atoms with Crippen molar-refractivity contribution < 1.29 is 4.79 Å². The van der Waals surface area contributed by atoms with Gasteiger partial charge in [-0.15, -0.1) is 24.8 Å². The van der Waals surface area contributed by atoms with E-state index < -0.39 is 0 Å². The Kier molecular flexibility index (Phi) is 8.09. The quantitative estimate of drug-likeness (QED) is 0.865. The number of hydrogen-bond acceptors (Lipinski definition) is 3. The predicted molar refractivity (Wildman–Crippen MR) is 96.9 cm³/mol. The van der Waals surface area contributed by atoms with Crippen LogP contribution in [0.3, 0.4) is 0 Å². The molecule has 1 saturated heterocycles. The van der Waals surface area contributed by atoms with E-state index in [-0.39, 0.29) is 30.7 Å². The lowest BCUT2D eigenvalue weighted by atomic mass is 10.0. The minimum atomic E-state index is 0. The summed E-state index contributed by atoms with van der Waals surface area (Å²) in [6, 6.07) is 7.78. The molecule has 1 unspecified atom stereocenters. The average Bonchev–Trinajstić information content (AvgIpc) is 3.19. The van der Waals surface area contributed by atoms with Gasteiger partial charge in [0, 0.05) is 30.2 Å². The third-order valence-electron chi connectivity index (χ3n) is 3.90. The summed E-state index contributed by atoms with van der Waals surface area (Å²) >= 11 is 0.